The molecule has 1 aromatic carbocycles. The van der Waals surface area contributed by atoms with E-state index in [2.05, 4.69) is 17.1 Å². The van der Waals surface area contributed by atoms with E-state index >= 15 is 0 Å². The Morgan fingerprint density at radius 2 is 1.89 bits per heavy atom. The van der Waals surface area contributed by atoms with Crippen LogP contribution in [-0.4, -0.2) is 84.2 Å². The zero-order chi connectivity index (χ0) is 26.7. The van der Waals surface area contributed by atoms with Crippen LogP contribution in [0, 0.1) is 11.8 Å². The molecule has 0 aliphatic carbocycles. The number of alkyl halides is 3. The van der Waals surface area contributed by atoms with E-state index in [1.807, 2.05) is 4.90 Å². The number of unbranched alkanes of at least 4 members (excludes halogenated alkanes) is 1. The molecule has 0 aromatic heterocycles. The van der Waals surface area contributed by atoms with E-state index in [1.165, 1.54) is 12.8 Å². The normalized spacial score (nSPS) is 23.1. The van der Waals surface area contributed by atoms with Crippen LogP contribution in [0.4, 0.5) is 13.2 Å². The first-order valence-corrected chi connectivity index (χ1v) is 12.3. The van der Waals surface area contributed by atoms with Crippen LogP contribution in [-0.2, 0) is 9.59 Å². The fraction of sp³-hybridized carbons (Fsp3) is 0.625. The maximum atomic E-state index is 13.1. The highest BCUT2D eigenvalue weighted by atomic mass is 35.5. The van der Waals surface area contributed by atoms with Crippen LogP contribution < -0.4 is 10.1 Å². The second-order valence-electron chi connectivity index (χ2n) is 9.41. The number of ether oxygens (including phenoxy) is 1. The molecule has 4 rings (SSSR count). The van der Waals surface area contributed by atoms with Crippen LogP contribution in [0.2, 0.25) is 5.02 Å². The molecule has 0 saturated carbocycles. The number of fused-ring (bicyclic) bond motifs is 2. The molecular weight excluding hydrogens is 503 g/mol. The third-order valence-corrected chi connectivity index (χ3v) is 7.46. The number of piperidine rings is 1. The number of hydrogen-bond donors (Lipinski definition) is 2. The minimum Gasteiger partial charge on any atom is -0.496 e. The van der Waals surface area contributed by atoms with Gasteiger partial charge in [0.2, 0.25) is 5.91 Å². The van der Waals surface area contributed by atoms with Crippen molar-refractivity contribution >= 4 is 29.4 Å². The van der Waals surface area contributed by atoms with Gasteiger partial charge in [0.05, 0.1) is 18.6 Å². The van der Waals surface area contributed by atoms with Crippen molar-refractivity contribution < 1.29 is 37.4 Å². The number of methoxy groups -OCH3 is 1. The molecule has 36 heavy (non-hydrogen) atoms. The molecule has 0 radical (unpaired) electrons. The fourth-order valence-electron chi connectivity index (χ4n) is 5.32. The lowest BCUT2D eigenvalue weighted by Gasteiger charge is -2.43. The minimum absolute atomic E-state index is 0.0368. The Bertz CT molecular complexity index is 982. The van der Waals surface area contributed by atoms with Crippen LogP contribution in [0.15, 0.2) is 18.2 Å². The number of hydrogen-bond acceptors (Lipinski definition) is 5. The van der Waals surface area contributed by atoms with Gasteiger partial charge in [0.25, 0.3) is 5.91 Å². The van der Waals surface area contributed by atoms with Crippen molar-refractivity contribution in [2.24, 2.45) is 11.8 Å². The summed E-state index contributed by atoms with van der Waals surface area (Å²) in [4.78, 5) is 38.9. The summed E-state index contributed by atoms with van der Waals surface area (Å²) < 4.78 is 37.1. The predicted molar refractivity (Wildman–Crippen MR) is 126 cm³/mol. The van der Waals surface area contributed by atoms with Crippen LogP contribution in [0.1, 0.15) is 43.0 Å². The number of aliphatic carboxylic acids is 1. The molecule has 3 aliphatic rings. The van der Waals surface area contributed by atoms with Crippen molar-refractivity contribution in [3.63, 3.8) is 0 Å². The Labute approximate surface area is 212 Å². The number of carboxylic acid groups (broad SMARTS) is 1. The molecule has 0 bridgehead atoms. The third-order valence-electron chi connectivity index (χ3n) is 7.22. The van der Waals surface area contributed by atoms with E-state index in [-0.39, 0.29) is 23.3 Å². The van der Waals surface area contributed by atoms with Crippen LogP contribution in [0.5, 0.6) is 5.75 Å². The lowest BCUT2D eigenvalue weighted by Crippen LogP contribution is -2.56. The second kappa shape index (κ2) is 11.2. The number of benzene rings is 1. The fourth-order valence-corrected chi connectivity index (χ4v) is 5.48. The summed E-state index contributed by atoms with van der Waals surface area (Å²) >= 11 is 6.03. The molecule has 12 heteroatoms. The molecule has 1 aromatic rings. The first-order valence-electron chi connectivity index (χ1n) is 11.9. The Hall–Kier alpha value is -2.53. The number of amides is 2. The molecule has 2 N–H and O–H groups in total. The minimum atomic E-state index is -5.08. The molecule has 0 unspecified atom stereocenters. The van der Waals surface area contributed by atoms with Crippen LogP contribution >= 0.6 is 11.6 Å². The Morgan fingerprint density at radius 3 is 2.44 bits per heavy atom. The van der Waals surface area contributed by atoms with E-state index in [9.17, 15) is 22.8 Å². The third kappa shape index (κ3) is 6.05. The number of nitrogens with one attached hydrogen (secondary N) is 1. The van der Waals surface area contributed by atoms with E-state index in [1.54, 1.807) is 25.3 Å². The number of carbonyl (C=O) groups is 3. The maximum Gasteiger partial charge on any atom is 0.490 e. The van der Waals surface area contributed by atoms with Gasteiger partial charge < -0.3 is 25.0 Å². The van der Waals surface area contributed by atoms with Gasteiger partial charge in [-0.25, -0.2) is 4.79 Å². The predicted octanol–water partition coefficient (Wildman–Crippen LogP) is 3.43. The molecule has 3 saturated heterocycles. The highest BCUT2D eigenvalue weighted by Gasteiger charge is 2.57. The van der Waals surface area contributed by atoms with Crippen molar-refractivity contribution in [1.82, 2.24) is 15.1 Å². The molecule has 2 amide bonds. The smallest absolute Gasteiger partial charge is 0.490 e. The van der Waals surface area contributed by atoms with Gasteiger partial charge in [0.1, 0.15) is 5.75 Å². The molecule has 3 fully saturated rings. The first-order chi connectivity index (χ1) is 16.9. The highest BCUT2D eigenvalue weighted by molar-refractivity contribution is 6.30. The van der Waals surface area contributed by atoms with Gasteiger partial charge in [0, 0.05) is 42.7 Å². The van der Waals surface area contributed by atoms with E-state index in [0.29, 0.717) is 35.3 Å². The summed E-state index contributed by atoms with van der Waals surface area (Å²) in [5.74, 6) is -1.63. The van der Waals surface area contributed by atoms with Crippen LogP contribution in [0.3, 0.4) is 0 Å². The van der Waals surface area contributed by atoms with Crippen molar-refractivity contribution in [2.45, 2.75) is 44.3 Å². The first kappa shape index (κ1) is 28.0. The van der Waals surface area contributed by atoms with Crippen molar-refractivity contribution in [3.05, 3.63) is 28.8 Å². The summed E-state index contributed by atoms with van der Waals surface area (Å²) in [6.45, 7) is 6.43. The summed E-state index contributed by atoms with van der Waals surface area (Å²) in [6.07, 6.45) is -1.11. The van der Waals surface area contributed by atoms with Crippen molar-refractivity contribution in [3.8, 4) is 5.75 Å². The number of nitrogens with zero attached hydrogens (tertiary/aromatic N) is 2. The van der Waals surface area contributed by atoms with Gasteiger partial charge in [-0.15, -0.1) is 0 Å². The maximum absolute atomic E-state index is 13.1. The molecule has 2 atom stereocenters. The second-order valence-corrected chi connectivity index (χ2v) is 9.85. The summed E-state index contributed by atoms with van der Waals surface area (Å²) in [6, 6.07) is 5.11. The summed E-state index contributed by atoms with van der Waals surface area (Å²) in [5.41, 5.74) is 0.372. The number of halogens is 4. The highest BCUT2D eigenvalue weighted by Crippen LogP contribution is 2.44. The van der Waals surface area contributed by atoms with Crippen molar-refractivity contribution in [2.75, 3.05) is 39.8 Å². The average Bonchev–Trinajstić information content (AvgIpc) is 3.37. The van der Waals surface area contributed by atoms with Gasteiger partial charge in [-0.2, -0.15) is 13.2 Å². The Morgan fingerprint density at radius 1 is 1.25 bits per heavy atom. The lowest BCUT2D eigenvalue weighted by atomic mass is 9.75. The van der Waals surface area contributed by atoms with E-state index < -0.39 is 12.1 Å². The Kier molecular flexibility index (Phi) is 8.76. The van der Waals surface area contributed by atoms with Gasteiger partial charge in [-0.05, 0) is 44.0 Å². The quantitative estimate of drug-likeness (QED) is 0.601. The summed E-state index contributed by atoms with van der Waals surface area (Å²) in [7, 11) is 1.55. The van der Waals surface area contributed by atoms with E-state index in [4.69, 9.17) is 26.2 Å². The zero-order valence-corrected chi connectivity index (χ0v) is 21.0. The number of carboxylic acids is 1. The van der Waals surface area contributed by atoms with E-state index in [0.717, 1.165) is 32.5 Å². The largest absolute Gasteiger partial charge is 0.496 e. The zero-order valence-electron chi connectivity index (χ0n) is 20.2. The molecule has 3 aliphatic heterocycles. The topological polar surface area (TPSA) is 99.2 Å². The number of carbonyl (C=O) groups excluding carboxylic acids is 2. The Balaban J connectivity index is 0.000000454. The molecular formula is C24H31ClF3N3O5. The molecule has 1 spiro atoms. The van der Waals surface area contributed by atoms with Gasteiger partial charge >= 0.3 is 12.1 Å². The standard InChI is InChI=1S/C22H30ClN3O3.C2HF3O2/c1-3-4-9-25-13-17-18(14-25)22(24-20(17)27)7-10-26(11-8-22)21(28)16-6-5-15(23)12-19(16)29-2;3-2(4,5)1(6)7/h5-6,12,17-18H,3-4,7-11,13-14H2,1-2H3,(H,24,27);(H,6,7)/t17-,18+;/m1./s1. The number of rotatable bonds is 5. The molecule has 8 nitrogen and oxygen atoms in total. The average molecular weight is 534 g/mol. The monoisotopic (exact) mass is 533 g/mol. The number of likely N-dealkylation sites (tertiary alicyclic amines) is 2. The molecule has 200 valence electrons. The van der Waals surface area contributed by atoms with Crippen LogP contribution in [0.25, 0.3) is 0 Å². The van der Waals surface area contributed by atoms with Gasteiger partial charge in [0.15, 0.2) is 0 Å². The van der Waals surface area contributed by atoms with Crippen molar-refractivity contribution in [1.29, 1.82) is 0 Å². The molecule has 3 heterocycles. The SMILES string of the molecule is CCCCN1C[C@H]2C(=O)NC3(CCN(C(=O)c4ccc(Cl)cc4OC)CC3)[C@H]2C1.O=C(O)C(F)(F)F. The summed E-state index contributed by atoms with van der Waals surface area (Å²) in [5, 5.41) is 11.0. The van der Waals surface area contributed by atoms with Gasteiger partial charge in [-0.3, -0.25) is 9.59 Å². The van der Waals surface area contributed by atoms with Gasteiger partial charge in [-0.1, -0.05) is 24.9 Å². The lowest BCUT2D eigenvalue weighted by molar-refractivity contribution is -0.192.